The summed E-state index contributed by atoms with van der Waals surface area (Å²) in [5, 5.41) is 0. The van der Waals surface area contributed by atoms with Crippen molar-refractivity contribution in [1.29, 1.82) is 0 Å². The molecule has 5 rings (SSSR count). The Labute approximate surface area is 196 Å². The highest BCUT2D eigenvalue weighted by Gasteiger charge is 2.37. The molecule has 9 heteroatoms. The highest BCUT2D eigenvalue weighted by molar-refractivity contribution is 7.92. The van der Waals surface area contributed by atoms with Crippen LogP contribution in [0.4, 0.5) is 5.69 Å². The third kappa shape index (κ3) is 3.45. The van der Waals surface area contributed by atoms with Crippen LogP contribution in [0.5, 0.6) is 0 Å². The van der Waals surface area contributed by atoms with Crippen molar-refractivity contribution in [2.75, 3.05) is 11.0 Å². The number of benzene rings is 3. The molecule has 172 valence electrons. The van der Waals surface area contributed by atoms with E-state index < -0.39 is 34.5 Å². The molecule has 0 bridgehead atoms. The molecule has 1 atom stereocenters. The van der Waals surface area contributed by atoms with Gasteiger partial charge in [-0.2, -0.15) is 0 Å². The number of fused-ring (bicyclic) bond motifs is 2. The third-order valence-corrected chi connectivity index (χ3v) is 7.90. The maximum atomic E-state index is 13.4. The molecule has 8 nitrogen and oxygen atoms in total. The number of sulfonamides is 1. The van der Waals surface area contributed by atoms with Crippen molar-refractivity contribution in [3.63, 3.8) is 0 Å². The fourth-order valence-corrected chi connectivity index (χ4v) is 6.10. The third-order valence-electron chi connectivity index (χ3n) is 5.97. The van der Waals surface area contributed by atoms with Crippen molar-refractivity contribution < 1.29 is 27.5 Å². The van der Waals surface area contributed by atoms with Crippen LogP contribution < -0.4 is 4.31 Å². The van der Waals surface area contributed by atoms with Crippen molar-refractivity contribution in [1.82, 2.24) is 4.90 Å². The number of nitrogens with zero attached hydrogens (tertiary/aromatic N) is 2. The van der Waals surface area contributed by atoms with E-state index >= 15 is 0 Å². The van der Waals surface area contributed by atoms with E-state index in [-0.39, 0.29) is 27.6 Å². The van der Waals surface area contributed by atoms with Crippen molar-refractivity contribution in [2.45, 2.75) is 24.3 Å². The van der Waals surface area contributed by atoms with Gasteiger partial charge in [0.2, 0.25) is 0 Å². The lowest BCUT2D eigenvalue weighted by atomic mass is 10.1. The summed E-state index contributed by atoms with van der Waals surface area (Å²) in [6.45, 7) is 1.26. The molecule has 2 aliphatic rings. The number of carbonyl (C=O) groups excluding carboxylic acids is 3. The van der Waals surface area contributed by atoms with Crippen LogP contribution in [-0.2, 0) is 21.2 Å². The summed E-state index contributed by atoms with van der Waals surface area (Å²) in [7, 11) is -3.93. The summed E-state index contributed by atoms with van der Waals surface area (Å²) in [6.07, 6.45) is 0.595. The Morgan fingerprint density at radius 2 is 1.59 bits per heavy atom. The Morgan fingerprint density at radius 3 is 2.29 bits per heavy atom. The first-order valence-corrected chi connectivity index (χ1v) is 12.1. The van der Waals surface area contributed by atoms with Crippen molar-refractivity contribution >= 4 is 33.5 Å². The molecule has 0 fully saturated rings. The number of ether oxygens (including phenoxy) is 1. The summed E-state index contributed by atoms with van der Waals surface area (Å²) in [6, 6.07) is 18.9. The van der Waals surface area contributed by atoms with E-state index in [0.717, 1.165) is 10.5 Å². The summed E-state index contributed by atoms with van der Waals surface area (Å²) < 4.78 is 33.4. The standard InChI is InChI=1S/C25H20N2O6S/c1-16-13-17-7-2-5-12-22(17)27(16)34(31,32)19-9-6-8-18(14-19)25(30)33-15-26-23(28)20-10-3-4-11-21(20)24(26)29/h2-12,14,16H,13,15H2,1H3. The van der Waals surface area contributed by atoms with E-state index in [1.165, 1.54) is 40.7 Å². The minimum Gasteiger partial charge on any atom is -0.440 e. The largest absolute Gasteiger partial charge is 0.440 e. The SMILES string of the molecule is CC1Cc2ccccc2N1S(=O)(=O)c1cccc(C(=O)OCN2C(=O)c3ccccc3C2=O)c1. The zero-order valence-corrected chi connectivity index (χ0v) is 19.0. The number of carbonyl (C=O) groups is 3. The second kappa shape index (κ2) is 8.11. The van der Waals surface area contributed by atoms with Crippen LogP contribution in [0.1, 0.15) is 43.6 Å². The van der Waals surface area contributed by atoms with Gasteiger partial charge >= 0.3 is 5.97 Å². The molecule has 34 heavy (non-hydrogen) atoms. The Balaban J connectivity index is 1.35. The molecule has 0 spiro atoms. The Kier molecular flexibility index (Phi) is 5.21. The van der Waals surface area contributed by atoms with Crippen LogP contribution in [-0.4, -0.2) is 43.9 Å². The second-order valence-electron chi connectivity index (χ2n) is 8.16. The van der Waals surface area contributed by atoms with E-state index in [4.69, 9.17) is 4.74 Å². The number of hydrogen-bond donors (Lipinski definition) is 0. The maximum absolute atomic E-state index is 13.4. The molecular formula is C25H20N2O6S. The first kappa shape index (κ1) is 21.8. The molecule has 0 radical (unpaired) electrons. The first-order valence-electron chi connectivity index (χ1n) is 10.6. The topological polar surface area (TPSA) is 101 Å². The van der Waals surface area contributed by atoms with Gasteiger partial charge in [0, 0.05) is 6.04 Å². The van der Waals surface area contributed by atoms with Crippen molar-refractivity contribution in [2.24, 2.45) is 0 Å². The predicted octanol–water partition coefficient (Wildman–Crippen LogP) is 3.24. The van der Waals surface area contributed by atoms with Crippen LogP contribution in [0.25, 0.3) is 0 Å². The molecule has 0 saturated heterocycles. The number of rotatable bonds is 5. The minimum absolute atomic E-state index is 0.00202. The minimum atomic E-state index is -3.93. The summed E-state index contributed by atoms with van der Waals surface area (Å²) in [4.78, 5) is 38.4. The zero-order chi connectivity index (χ0) is 24.0. The predicted molar refractivity (Wildman–Crippen MR) is 123 cm³/mol. The van der Waals surface area contributed by atoms with Gasteiger partial charge in [0.15, 0.2) is 6.73 Å². The molecule has 3 aromatic carbocycles. The van der Waals surface area contributed by atoms with Gasteiger partial charge < -0.3 is 4.74 Å². The number of para-hydroxylation sites is 1. The highest BCUT2D eigenvalue weighted by Crippen LogP contribution is 2.36. The van der Waals surface area contributed by atoms with Crippen molar-refractivity contribution in [3.8, 4) is 0 Å². The van der Waals surface area contributed by atoms with Gasteiger partial charge in [-0.1, -0.05) is 36.4 Å². The average Bonchev–Trinajstić information content (AvgIpc) is 3.31. The van der Waals surface area contributed by atoms with Crippen molar-refractivity contribution in [3.05, 3.63) is 95.1 Å². The molecular weight excluding hydrogens is 456 g/mol. The molecule has 1 unspecified atom stereocenters. The highest BCUT2D eigenvalue weighted by atomic mass is 32.2. The lowest BCUT2D eigenvalue weighted by molar-refractivity contribution is 0.0228. The number of amides is 2. The van der Waals surface area contributed by atoms with Gasteiger partial charge in [0.25, 0.3) is 21.8 Å². The number of imide groups is 1. The monoisotopic (exact) mass is 476 g/mol. The summed E-state index contributed by atoms with van der Waals surface area (Å²) >= 11 is 0. The Hall–Kier alpha value is -3.98. The van der Waals surface area contributed by atoms with Gasteiger partial charge in [-0.15, -0.1) is 0 Å². The fourth-order valence-electron chi connectivity index (χ4n) is 4.36. The summed E-state index contributed by atoms with van der Waals surface area (Å²) in [5.41, 5.74) is 2.05. The molecule has 3 aromatic rings. The van der Waals surface area contributed by atoms with E-state index in [2.05, 4.69) is 0 Å². The van der Waals surface area contributed by atoms with Gasteiger partial charge in [-0.25, -0.2) is 18.1 Å². The van der Waals surface area contributed by atoms with E-state index in [9.17, 15) is 22.8 Å². The fraction of sp³-hybridized carbons (Fsp3) is 0.160. The van der Waals surface area contributed by atoms with Gasteiger partial charge in [-0.05, 0) is 55.3 Å². The zero-order valence-electron chi connectivity index (χ0n) is 18.2. The van der Waals surface area contributed by atoms with Crippen LogP contribution in [0.2, 0.25) is 0 Å². The lowest BCUT2D eigenvalue weighted by Gasteiger charge is -2.24. The summed E-state index contributed by atoms with van der Waals surface area (Å²) in [5.74, 6) is -1.94. The lowest BCUT2D eigenvalue weighted by Crippen LogP contribution is -2.36. The Bertz CT molecular complexity index is 1410. The molecule has 0 N–H and O–H groups in total. The van der Waals surface area contributed by atoms with Crippen LogP contribution >= 0.6 is 0 Å². The smallest absolute Gasteiger partial charge is 0.339 e. The maximum Gasteiger partial charge on any atom is 0.339 e. The molecule has 2 heterocycles. The van der Waals surface area contributed by atoms with Crippen LogP contribution in [0.15, 0.2) is 77.7 Å². The molecule has 0 aliphatic carbocycles. The van der Waals surface area contributed by atoms with Gasteiger partial charge in [0.1, 0.15) is 0 Å². The van der Waals surface area contributed by atoms with Crippen LogP contribution in [0, 0.1) is 0 Å². The quantitative estimate of drug-likeness (QED) is 0.414. The van der Waals surface area contributed by atoms with E-state index in [1.807, 2.05) is 19.1 Å². The van der Waals surface area contributed by atoms with E-state index in [1.54, 1.807) is 24.3 Å². The van der Waals surface area contributed by atoms with Crippen LogP contribution in [0.3, 0.4) is 0 Å². The first-order chi connectivity index (χ1) is 16.3. The number of hydrogen-bond acceptors (Lipinski definition) is 6. The normalized spacial score (nSPS) is 17.0. The molecule has 2 aliphatic heterocycles. The second-order valence-corrected chi connectivity index (χ2v) is 9.97. The number of anilines is 1. The van der Waals surface area contributed by atoms with Gasteiger partial charge in [-0.3, -0.25) is 13.9 Å². The molecule has 2 amide bonds. The van der Waals surface area contributed by atoms with Gasteiger partial charge in [0.05, 0.1) is 27.3 Å². The molecule has 0 aromatic heterocycles. The average molecular weight is 477 g/mol. The molecule has 0 saturated carbocycles. The number of esters is 1. The van der Waals surface area contributed by atoms with E-state index in [0.29, 0.717) is 12.1 Å². The Morgan fingerprint density at radius 1 is 0.941 bits per heavy atom.